The number of hydrogen-bond acceptors (Lipinski definition) is 3. The predicted octanol–water partition coefficient (Wildman–Crippen LogP) is 5.17. The summed E-state index contributed by atoms with van der Waals surface area (Å²) in [7, 11) is 0. The van der Waals surface area contributed by atoms with Crippen molar-refractivity contribution in [1.82, 2.24) is 0 Å². The summed E-state index contributed by atoms with van der Waals surface area (Å²) in [6.45, 7) is 0.229. The van der Waals surface area contributed by atoms with E-state index < -0.39 is 16.6 Å². The Morgan fingerprint density at radius 2 is 1.85 bits per heavy atom. The topological polar surface area (TPSA) is 63.5 Å². The van der Waals surface area contributed by atoms with Crippen LogP contribution in [-0.2, 0) is 11.2 Å². The summed E-state index contributed by atoms with van der Waals surface area (Å²) in [5, 5.41) is 10.9. The van der Waals surface area contributed by atoms with Gasteiger partial charge >= 0.3 is 0 Å². The van der Waals surface area contributed by atoms with Crippen molar-refractivity contribution in [3.8, 4) is 0 Å². The second-order valence-electron chi connectivity index (χ2n) is 6.36. The zero-order chi connectivity index (χ0) is 19.7. The fourth-order valence-electron chi connectivity index (χ4n) is 3.21. The molecular formula is C18H14Cl2F2N2O3. The maximum Gasteiger partial charge on any atom is 0.272 e. The Bertz CT molecular complexity index is 900. The number of hydrogen-bond donors (Lipinski definition) is 0. The number of piperidine rings is 1. The van der Waals surface area contributed by atoms with Crippen LogP contribution in [0.3, 0.4) is 0 Å². The van der Waals surface area contributed by atoms with E-state index >= 15 is 0 Å². The summed E-state index contributed by atoms with van der Waals surface area (Å²) in [4.78, 5) is 24.0. The molecule has 1 aliphatic heterocycles. The number of carbonyl (C=O) groups excluding carboxylic acids is 1. The van der Waals surface area contributed by atoms with Crippen LogP contribution in [-0.4, -0.2) is 17.4 Å². The van der Waals surface area contributed by atoms with Crippen molar-refractivity contribution in [2.45, 2.75) is 19.3 Å². The van der Waals surface area contributed by atoms with E-state index in [4.69, 9.17) is 23.2 Å². The molecule has 5 nitrogen and oxygen atoms in total. The minimum absolute atomic E-state index is 0.00355. The molecule has 142 valence electrons. The largest absolute Gasteiger partial charge is 0.309 e. The van der Waals surface area contributed by atoms with Crippen LogP contribution >= 0.6 is 23.2 Å². The number of halogens is 4. The number of non-ortho nitro benzene ring substituents is 1. The van der Waals surface area contributed by atoms with E-state index in [9.17, 15) is 23.7 Å². The molecule has 1 amide bonds. The monoisotopic (exact) mass is 414 g/mol. The van der Waals surface area contributed by atoms with Crippen LogP contribution in [0.5, 0.6) is 0 Å². The van der Waals surface area contributed by atoms with Gasteiger partial charge in [0.2, 0.25) is 5.91 Å². The average molecular weight is 415 g/mol. The number of nitro benzene ring substituents is 1. The third-order valence-electron chi connectivity index (χ3n) is 4.51. The number of benzene rings is 2. The normalized spacial score (nSPS) is 17.3. The van der Waals surface area contributed by atoms with Gasteiger partial charge in [-0.1, -0.05) is 29.3 Å². The third-order valence-corrected chi connectivity index (χ3v) is 5.09. The van der Waals surface area contributed by atoms with Crippen molar-refractivity contribution in [2.24, 2.45) is 5.92 Å². The molecule has 1 atom stereocenters. The molecule has 0 saturated carbocycles. The van der Waals surface area contributed by atoms with Gasteiger partial charge in [0.15, 0.2) is 0 Å². The molecule has 0 N–H and O–H groups in total. The summed E-state index contributed by atoms with van der Waals surface area (Å²) in [5.74, 6) is -1.60. The Kier molecular flexibility index (Phi) is 5.62. The first-order chi connectivity index (χ1) is 12.8. The molecule has 1 aliphatic rings. The van der Waals surface area contributed by atoms with Gasteiger partial charge in [-0.25, -0.2) is 8.78 Å². The zero-order valence-electron chi connectivity index (χ0n) is 13.9. The fraction of sp³-hybridized carbons (Fsp3) is 0.278. The molecule has 2 aromatic carbocycles. The van der Waals surface area contributed by atoms with Crippen LogP contribution in [0.4, 0.5) is 20.2 Å². The molecule has 0 bridgehead atoms. The number of rotatable bonds is 4. The molecule has 1 heterocycles. The van der Waals surface area contributed by atoms with Crippen LogP contribution < -0.4 is 4.90 Å². The van der Waals surface area contributed by atoms with Gasteiger partial charge in [-0.2, -0.15) is 0 Å². The Hall–Kier alpha value is -2.25. The first kappa shape index (κ1) is 19.5. The average Bonchev–Trinajstić information content (AvgIpc) is 2.59. The Morgan fingerprint density at radius 3 is 2.44 bits per heavy atom. The quantitative estimate of drug-likeness (QED) is 0.512. The van der Waals surface area contributed by atoms with Crippen molar-refractivity contribution in [1.29, 1.82) is 0 Å². The first-order valence-electron chi connectivity index (χ1n) is 8.14. The number of carbonyl (C=O) groups is 1. The lowest BCUT2D eigenvalue weighted by molar-refractivity contribution is -0.384. The highest BCUT2D eigenvalue weighted by atomic mass is 35.5. The van der Waals surface area contributed by atoms with E-state index in [1.54, 1.807) is 0 Å². The van der Waals surface area contributed by atoms with Gasteiger partial charge in [-0.3, -0.25) is 14.9 Å². The molecule has 9 heteroatoms. The predicted molar refractivity (Wildman–Crippen MR) is 98.3 cm³/mol. The van der Waals surface area contributed by atoms with Gasteiger partial charge in [0.25, 0.3) is 5.69 Å². The molecule has 3 rings (SSSR count). The van der Waals surface area contributed by atoms with E-state index in [0.29, 0.717) is 18.4 Å². The minimum Gasteiger partial charge on any atom is -0.309 e. The van der Waals surface area contributed by atoms with E-state index in [1.807, 2.05) is 0 Å². The lowest BCUT2D eigenvalue weighted by Crippen LogP contribution is -2.41. The molecule has 1 unspecified atom stereocenters. The maximum absolute atomic E-state index is 13.9. The Labute approximate surface area is 163 Å². The van der Waals surface area contributed by atoms with Crippen molar-refractivity contribution >= 4 is 40.5 Å². The number of nitro groups is 1. The summed E-state index contributed by atoms with van der Waals surface area (Å²) in [6.07, 6.45) is 1.06. The third kappa shape index (κ3) is 4.20. The highest BCUT2D eigenvalue weighted by Gasteiger charge is 2.31. The Balaban J connectivity index is 1.86. The van der Waals surface area contributed by atoms with Gasteiger partial charge in [0, 0.05) is 31.2 Å². The standard InChI is InChI=1S/C18H14Cl2F2N2O3/c19-14-7-13(24(26)27)8-15(20)18(14)23-9-10(1-4-17(23)25)5-11-2-3-12(21)6-16(11)22/h2-3,6-8,10H,1,4-5,9H2. The highest BCUT2D eigenvalue weighted by Crippen LogP contribution is 2.40. The number of anilines is 1. The van der Waals surface area contributed by atoms with Gasteiger partial charge in [0.05, 0.1) is 20.7 Å². The van der Waals surface area contributed by atoms with Crippen molar-refractivity contribution in [2.75, 3.05) is 11.4 Å². The van der Waals surface area contributed by atoms with Crippen molar-refractivity contribution in [3.63, 3.8) is 0 Å². The van der Waals surface area contributed by atoms with Crippen LogP contribution in [0.1, 0.15) is 18.4 Å². The number of nitrogens with zero attached hydrogens (tertiary/aromatic N) is 2. The zero-order valence-corrected chi connectivity index (χ0v) is 15.4. The summed E-state index contributed by atoms with van der Waals surface area (Å²) in [6, 6.07) is 5.68. The summed E-state index contributed by atoms with van der Waals surface area (Å²) < 4.78 is 27.0. The van der Waals surface area contributed by atoms with E-state index in [0.717, 1.165) is 18.2 Å². The summed E-state index contributed by atoms with van der Waals surface area (Å²) >= 11 is 12.3. The molecule has 0 spiro atoms. The van der Waals surface area contributed by atoms with Crippen LogP contribution in [0.2, 0.25) is 10.0 Å². The Morgan fingerprint density at radius 1 is 1.19 bits per heavy atom. The lowest BCUT2D eigenvalue weighted by Gasteiger charge is -2.33. The van der Waals surface area contributed by atoms with Gasteiger partial charge in [-0.15, -0.1) is 0 Å². The molecule has 2 aromatic rings. The van der Waals surface area contributed by atoms with E-state index in [-0.39, 0.29) is 46.2 Å². The smallest absolute Gasteiger partial charge is 0.272 e. The maximum atomic E-state index is 13.9. The highest BCUT2D eigenvalue weighted by molar-refractivity contribution is 6.40. The lowest BCUT2D eigenvalue weighted by atomic mass is 9.90. The molecule has 1 saturated heterocycles. The van der Waals surface area contributed by atoms with Gasteiger partial charge in [-0.05, 0) is 30.4 Å². The molecule has 0 aromatic heterocycles. The van der Waals surface area contributed by atoms with Crippen LogP contribution in [0, 0.1) is 27.7 Å². The molecular weight excluding hydrogens is 401 g/mol. The van der Waals surface area contributed by atoms with E-state index in [1.165, 1.54) is 17.0 Å². The molecule has 1 fully saturated rings. The summed E-state index contributed by atoms with van der Waals surface area (Å²) in [5.41, 5.74) is 0.290. The molecule has 0 aliphatic carbocycles. The minimum atomic E-state index is -0.652. The molecule has 0 radical (unpaired) electrons. The number of amides is 1. The van der Waals surface area contributed by atoms with E-state index in [2.05, 4.69) is 0 Å². The second-order valence-corrected chi connectivity index (χ2v) is 7.18. The fourth-order valence-corrected chi connectivity index (χ4v) is 3.89. The first-order valence-corrected chi connectivity index (χ1v) is 8.89. The SMILES string of the molecule is O=C1CCC(Cc2ccc(F)cc2F)CN1c1c(Cl)cc([N+](=O)[O-])cc1Cl. The van der Waals surface area contributed by atoms with Crippen molar-refractivity contribution < 1.29 is 18.5 Å². The van der Waals surface area contributed by atoms with Crippen molar-refractivity contribution in [3.05, 3.63) is 67.7 Å². The van der Waals surface area contributed by atoms with Gasteiger partial charge < -0.3 is 4.90 Å². The van der Waals surface area contributed by atoms with Crippen LogP contribution in [0.25, 0.3) is 0 Å². The van der Waals surface area contributed by atoms with Crippen LogP contribution in [0.15, 0.2) is 30.3 Å². The van der Waals surface area contributed by atoms with Gasteiger partial charge in [0.1, 0.15) is 11.6 Å². The second kappa shape index (κ2) is 7.78. The molecule has 27 heavy (non-hydrogen) atoms.